The molecule has 1 aromatic heterocycles. The lowest BCUT2D eigenvalue weighted by Crippen LogP contribution is -2.38. The summed E-state index contributed by atoms with van der Waals surface area (Å²) in [6.07, 6.45) is 2.43. The lowest BCUT2D eigenvalue weighted by atomic mass is 10.00. The topological polar surface area (TPSA) is 102 Å². The molecule has 1 unspecified atom stereocenters. The standard InChI is InChI=1S/C21H19ClN4O4/c1-13-8-9-15(12-18(13)26(28)29)21(27)25-10-3-2-7-17(25)20-23-19(24-30-20)14-5-4-6-16(22)11-14/h4-6,8-9,11-12,17H,2-3,7,10H2,1H3. The molecule has 154 valence electrons. The van der Waals surface area contributed by atoms with Crippen molar-refractivity contribution in [2.75, 3.05) is 6.54 Å². The Morgan fingerprint density at radius 2 is 2.10 bits per heavy atom. The molecule has 1 amide bonds. The number of aromatic nitrogens is 2. The second kappa shape index (κ2) is 8.23. The summed E-state index contributed by atoms with van der Waals surface area (Å²) in [5.74, 6) is 0.460. The van der Waals surface area contributed by atoms with E-state index in [1.54, 1.807) is 42.2 Å². The largest absolute Gasteiger partial charge is 0.337 e. The van der Waals surface area contributed by atoms with Crippen LogP contribution in [-0.2, 0) is 0 Å². The van der Waals surface area contributed by atoms with Gasteiger partial charge in [-0.2, -0.15) is 4.98 Å². The molecule has 0 bridgehead atoms. The molecule has 2 aromatic carbocycles. The van der Waals surface area contributed by atoms with Crippen LogP contribution in [0.4, 0.5) is 5.69 Å². The molecule has 1 aliphatic heterocycles. The van der Waals surface area contributed by atoms with Crippen LogP contribution in [0.15, 0.2) is 47.0 Å². The maximum absolute atomic E-state index is 13.2. The van der Waals surface area contributed by atoms with E-state index >= 15 is 0 Å². The number of benzene rings is 2. The zero-order valence-electron chi connectivity index (χ0n) is 16.2. The van der Waals surface area contributed by atoms with E-state index in [9.17, 15) is 14.9 Å². The van der Waals surface area contributed by atoms with E-state index in [4.69, 9.17) is 16.1 Å². The van der Waals surface area contributed by atoms with E-state index in [2.05, 4.69) is 10.1 Å². The average molecular weight is 427 g/mol. The van der Waals surface area contributed by atoms with Crippen LogP contribution in [0.1, 0.15) is 47.1 Å². The summed E-state index contributed by atoms with van der Waals surface area (Å²) in [7, 11) is 0. The molecule has 30 heavy (non-hydrogen) atoms. The van der Waals surface area contributed by atoms with E-state index in [1.165, 1.54) is 6.07 Å². The minimum Gasteiger partial charge on any atom is -0.337 e. The Morgan fingerprint density at radius 1 is 1.27 bits per heavy atom. The third-order valence-electron chi connectivity index (χ3n) is 5.23. The Kier molecular flexibility index (Phi) is 5.50. The van der Waals surface area contributed by atoms with Crippen LogP contribution in [-0.4, -0.2) is 32.4 Å². The first-order valence-electron chi connectivity index (χ1n) is 9.59. The molecule has 9 heteroatoms. The molecule has 8 nitrogen and oxygen atoms in total. The number of nitro groups is 1. The van der Waals surface area contributed by atoms with E-state index in [0.717, 1.165) is 18.4 Å². The van der Waals surface area contributed by atoms with Gasteiger partial charge in [-0.3, -0.25) is 14.9 Å². The highest BCUT2D eigenvalue weighted by atomic mass is 35.5. The Labute approximate surface area is 177 Å². The van der Waals surface area contributed by atoms with Gasteiger partial charge in [0, 0.05) is 34.3 Å². The van der Waals surface area contributed by atoms with Crippen LogP contribution in [0, 0.1) is 17.0 Å². The molecular formula is C21H19ClN4O4. The third kappa shape index (κ3) is 3.91. The monoisotopic (exact) mass is 426 g/mol. The number of hydrogen-bond donors (Lipinski definition) is 0. The molecule has 0 aliphatic carbocycles. The number of halogens is 1. The van der Waals surface area contributed by atoms with E-state index < -0.39 is 4.92 Å². The minimum atomic E-state index is -0.477. The summed E-state index contributed by atoms with van der Waals surface area (Å²) >= 11 is 6.04. The Hall–Kier alpha value is -3.26. The quantitative estimate of drug-likeness (QED) is 0.431. The SMILES string of the molecule is Cc1ccc(C(=O)N2CCCCC2c2nc(-c3cccc(Cl)c3)no2)cc1[N+](=O)[O-]. The molecule has 1 aliphatic rings. The van der Waals surface area contributed by atoms with E-state index in [0.29, 0.717) is 35.3 Å². The summed E-state index contributed by atoms with van der Waals surface area (Å²) in [5, 5.41) is 15.9. The number of nitrogens with zero attached hydrogens (tertiary/aromatic N) is 4. The number of nitro benzene ring substituents is 1. The zero-order chi connectivity index (χ0) is 21.3. The van der Waals surface area contributed by atoms with Crippen molar-refractivity contribution in [1.82, 2.24) is 15.0 Å². The van der Waals surface area contributed by atoms with E-state index in [1.807, 2.05) is 6.07 Å². The number of carbonyl (C=O) groups is 1. The van der Waals surface area contributed by atoms with Gasteiger partial charge in [-0.25, -0.2) is 0 Å². The number of rotatable bonds is 4. The second-order valence-corrected chi connectivity index (χ2v) is 7.67. The molecule has 0 N–H and O–H groups in total. The molecule has 2 heterocycles. The van der Waals surface area contributed by atoms with Crippen molar-refractivity contribution >= 4 is 23.2 Å². The molecule has 0 spiro atoms. The van der Waals surface area contributed by atoms with Crippen LogP contribution in [0.25, 0.3) is 11.4 Å². The number of hydrogen-bond acceptors (Lipinski definition) is 6. The molecule has 1 fully saturated rings. The molecule has 0 saturated carbocycles. The summed E-state index contributed by atoms with van der Waals surface area (Å²) < 4.78 is 5.49. The third-order valence-corrected chi connectivity index (χ3v) is 5.46. The van der Waals surface area contributed by atoms with Gasteiger partial charge < -0.3 is 9.42 Å². The molecular weight excluding hydrogens is 408 g/mol. The number of piperidine rings is 1. The fraction of sp³-hybridized carbons (Fsp3) is 0.286. The first-order chi connectivity index (χ1) is 14.4. The van der Waals surface area contributed by atoms with Gasteiger partial charge in [0.1, 0.15) is 6.04 Å². The summed E-state index contributed by atoms with van der Waals surface area (Å²) in [6, 6.07) is 11.3. The Balaban J connectivity index is 1.63. The number of aryl methyl sites for hydroxylation is 1. The van der Waals surface area contributed by atoms with Crippen molar-refractivity contribution in [2.45, 2.75) is 32.2 Å². The Morgan fingerprint density at radius 3 is 2.87 bits per heavy atom. The molecule has 1 saturated heterocycles. The minimum absolute atomic E-state index is 0.0737. The lowest BCUT2D eigenvalue weighted by molar-refractivity contribution is -0.385. The highest BCUT2D eigenvalue weighted by Crippen LogP contribution is 2.33. The number of amides is 1. The maximum atomic E-state index is 13.2. The van der Waals surface area contributed by atoms with Crippen LogP contribution in [0.5, 0.6) is 0 Å². The first-order valence-corrected chi connectivity index (χ1v) is 9.97. The van der Waals surface area contributed by atoms with Gasteiger partial charge in [0.05, 0.1) is 4.92 Å². The maximum Gasteiger partial charge on any atom is 0.273 e. The van der Waals surface area contributed by atoms with Crippen LogP contribution in [0.2, 0.25) is 5.02 Å². The average Bonchev–Trinajstić information content (AvgIpc) is 3.23. The Bertz CT molecular complexity index is 1110. The second-order valence-electron chi connectivity index (χ2n) is 7.24. The summed E-state index contributed by atoms with van der Waals surface area (Å²) in [4.78, 5) is 30.1. The summed E-state index contributed by atoms with van der Waals surface area (Å²) in [6.45, 7) is 2.16. The molecule has 4 rings (SSSR count). The zero-order valence-corrected chi connectivity index (χ0v) is 17.0. The van der Waals surface area contributed by atoms with Crippen molar-refractivity contribution in [1.29, 1.82) is 0 Å². The van der Waals surface area contributed by atoms with Gasteiger partial charge in [-0.05, 0) is 44.4 Å². The highest BCUT2D eigenvalue weighted by Gasteiger charge is 2.33. The van der Waals surface area contributed by atoms with Gasteiger partial charge >= 0.3 is 0 Å². The fourth-order valence-electron chi connectivity index (χ4n) is 3.65. The fourth-order valence-corrected chi connectivity index (χ4v) is 3.84. The normalized spacial score (nSPS) is 16.5. The van der Waals surface area contributed by atoms with Crippen LogP contribution < -0.4 is 0 Å². The lowest BCUT2D eigenvalue weighted by Gasteiger charge is -2.33. The molecule has 1 atom stereocenters. The number of carbonyl (C=O) groups excluding carboxylic acids is 1. The predicted molar refractivity (Wildman–Crippen MR) is 110 cm³/mol. The van der Waals surface area contributed by atoms with Crippen molar-refractivity contribution < 1.29 is 14.2 Å². The van der Waals surface area contributed by atoms with Crippen molar-refractivity contribution in [3.63, 3.8) is 0 Å². The van der Waals surface area contributed by atoms with Crippen molar-refractivity contribution in [2.24, 2.45) is 0 Å². The molecule has 0 radical (unpaired) electrons. The van der Waals surface area contributed by atoms with Crippen LogP contribution >= 0.6 is 11.6 Å². The smallest absolute Gasteiger partial charge is 0.273 e. The highest BCUT2D eigenvalue weighted by molar-refractivity contribution is 6.30. The number of likely N-dealkylation sites (tertiary alicyclic amines) is 1. The first kappa shape index (κ1) is 20.0. The molecule has 3 aromatic rings. The van der Waals surface area contributed by atoms with Gasteiger partial charge in [0.15, 0.2) is 0 Å². The van der Waals surface area contributed by atoms with Gasteiger partial charge in [0.2, 0.25) is 11.7 Å². The van der Waals surface area contributed by atoms with Crippen molar-refractivity contribution in [3.05, 3.63) is 74.6 Å². The van der Waals surface area contributed by atoms with Gasteiger partial charge in [-0.1, -0.05) is 35.0 Å². The van der Waals surface area contributed by atoms with Gasteiger partial charge in [-0.15, -0.1) is 0 Å². The van der Waals surface area contributed by atoms with Crippen LogP contribution in [0.3, 0.4) is 0 Å². The summed E-state index contributed by atoms with van der Waals surface area (Å²) in [5.41, 5.74) is 1.43. The predicted octanol–water partition coefficient (Wildman–Crippen LogP) is 4.97. The van der Waals surface area contributed by atoms with Gasteiger partial charge in [0.25, 0.3) is 11.6 Å². The van der Waals surface area contributed by atoms with Crippen molar-refractivity contribution in [3.8, 4) is 11.4 Å². The van der Waals surface area contributed by atoms with E-state index in [-0.39, 0.29) is 23.2 Å².